The maximum atomic E-state index is 13.5. The molecule has 0 amide bonds. The first kappa shape index (κ1) is 12.3. The molecule has 2 rings (SSSR count). The van der Waals surface area contributed by atoms with Gasteiger partial charge in [-0.05, 0) is 30.9 Å². The van der Waals surface area contributed by atoms with Gasteiger partial charge in [-0.25, -0.2) is 4.39 Å². The van der Waals surface area contributed by atoms with Crippen molar-refractivity contribution in [2.45, 2.75) is 19.4 Å². The van der Waals surface area contributed by atoms with Gasteiger partial charge in [0.05, 0.1) is 0 Å². The summed E-state index contributed by atoms with van der Waals surface area (Å²) < 4.78 is 13.5. The molecule has 1 nitrogen and oxygen atoms in total. The maximum Gasteiger partial charge on any atom is 0.127 e. The van der Waals surface area contributed by atoms with Crippen molar-refractivity contribution in [1.29, 1.82) is 0 Å². The molecule has 0 aliphatic carbocycles. The van der Waals surface area contributed by atoms with Crippen LogP contribution in [0.5, 0.6) is 0 Å². The summed E-state index contributed by atoms with van der Waals surface area (Å²) in [5.74, 6) is -0.136. The molecule has 17 heavy (non-hydrogen) atoms. The van der Waals surface area contributed by atoms with Gasteiger partial charge in [0.25, 0.3) is 0 Å². The predicted molar refractivity (Wildman–Crippen MR) is 70.8 cm³/mol. The number of rotatable bonds is 5. The van der Waals surface area contributed by atoms with Gasteiger partial charge in [-0.1, -0.05) is 24.3 Å². The van der Waals surface area contributed by atoms with Crippen LogP contribution in [-0.4, -0.2) is 6.54 Å². The molecule has 1 aromatic carbocycles. The van der Waals surface area contributed by atoms with Crippen molar-refractivity contribution in [3.05, 3.63) is 58.0 Å². The maximum absolute atomic E-state index is 13.5. The largest absolute Gasteiger partial charge is 0.310 e. The first-order valence-electron chi connectivity index (χ1n) is 5.77. The van der Waals surface area contributed by atoms with Gasteiger partial charge in [0.15, 0.2) is 0 Å². The fraction of sp³-hybridized carbons (Fsp3) is 0.286. The lowest BCUT2D eigenvalue weighted by Crippen LogP contribution is -2.21. The highest BCUT2D eigenvalue weighted by atomic mass is 32.1. The SMILES string of the molecule is CC(NCCc1cccs1)c1ccccc1F. The highest BCUT2D eigenvalue weighted by Crippen LogP contribution is 2.16. The topological polar surface area (TPSA) is 12.0 Å². The molecule has 0 aliphatic heterocycles. The minimum absolute atomic E-state index is 0.0520. The molecule has 1 heterocycles. The van der Waals surface area contributed by atoms with E-state index in [0.29, 0.717) is 0 Å². The number of hydrogen-bond acceptors (Lipinski definition) is 2. The molecule has 0 fully saturated rings. The monoisotopic (exact) mass is 249 g/mol. The van der Waals surface area contributed by atoms with Crippen LogP contribution < -0.4 is 5.32 Å². The van der Waals surface area contributed by atoms with Crippen molar-refractivity contribution < 1.29 is 4.39 Å². The van der Waals surface area contributed by atoms with Gasteiger partial charge < -0.3 is 5.32 Å². The Morgan fingerprint density at radius 3 is 2.76 bits per heavy atom. The van der Waals surface area contributed by atoms with Crippen molar-refractivity contribution in [3.63, 3.8) is 0 Å². The normalized spacial score (nSPS) is 12.6. The van der Waals surface area contributed by atoms with Crippen LogP contribution in [0.15, 0.2) is 41.8 Å². The van der Waals surface area contributed by atoms with Crippen LogP contribution in [0.4, 0.5) is 4.39 Å². The lowest BCUT2D eigenvalue weighted by atomic mass is 10.1. The van der Waals surface area contributed by atoms with E-state index in [0.717, 1.165) is 18.5 Å². The Morgan fingerprint density at radius 1 is 1.24 bits per heavy atom. The Bertz CT molecular complexity index is 453. The summed E-state index contributed by atoms with van der Waals surface area (Å²) in [6, 6.07) is 11.2. The molecule has 1 aromatic heterocycles. The second-order valence-electron chi connectivity index (χ2n) is 4.03. The van der Waals surface area contributed by atoms with Gasteiger partial charge in [-0.15, -0.1) is 11.3 Å². The lowest BCUT2D eigenvalue weighted by Gasteiger charge is -2.14. The molecule has 1 N–H and O–H groups in total. The summed E-state index contributed by atoms with van der Waals surface area (Å²) in [5, 5.41) is 5.42. The Balaban J connectivity index is 1.85. The number of thiophene rings is 1. The molecule has 0 aliphatic rings. The Hall–Kier alpha value is -1.19. The summed E-state index contributed by atoms with van der Waals surface area (Å²) in [6.07, 6.45) is 0.996. The first-order chi connectivity index (χ1) is 8.27. The second kappa shape index (κ2) is 5.94. The molecule has 1 atom stereocenters. The molecule has 3 heteroatoms. The third-order valence-corrected chi connectivity index (χ3v) is 3.71. The highest BCUT2D eigenvalue weighted by molar-refractivity contribution is 7.09. The molecular weight excluding hydrogens is 233 g/mol. The van der Waals surface area contributed by atoms with E-state index in [1.165, 1.54) is 10.9 Å². The summed E-state index contributed by atoms with van der Waals surface area (Å²) >= 11 is 1.76. The van der Waals surface area contributed by atoms with Crippen LogP contribution in [0.3, 0.4) is 0 Å². The predicted octanol–water partition coefficient (Wildman–Crippen LogP) is 3.78. The molecule has 2 aromatic rings. The van der Waals surface area contributed by atoms with E-state index in [9.17, 15) is 4.39 Å². The van der Waals surface area contributed by atoms with Gasteiger partial charge in [-0.3, -0.25) is 0 Å². The summed E-state index contributed by atoms with van der Waals surface area (Å²) in [4.78, 5) is 1.36. The fourth-order valence-corrected chi connectivity index (χ4v) is 2.51. The van der Waals surface area contributed by atoms with Crippen LogP contribution in [0.25, 0.3) is 0 Å². The minimum atomic E-state index is -0.136. The molecule has 1 unspecified atom stereocenters. The van der Waals surface area contributed by atoms with Crippen molar-refractivity contribution in [2.75, 3.05) is 6.54 Å². The van der Waals surface area contributed by atoms with E-state index in [1.54, 1.807) is 17.4 Å². The third-order valence-electron chi connectivity index (χ3n) is 2.77. The number of benzene rings is 1. The molecule has 0 spiro atoms. The average Bonchev–Trinajstić information content (AvgIpc) is 2.82. The Labute approximate surface area is 105 Å². The van der Waals surface area contributed by atoms with Crippen molar-refractivity contribution in [3.8, 4) is 0 Å². The van der Waals surface area contributed by atoms with Crippen LogP contribution in [-0.2, 0) is 6.42 Å². The summed E-state index contributed by atoms with van der Waals surface area (Å²) in [6.45, 7) is 2.86. The van der Waals surface area contributed by atoms with Gasteiger partial charge in [0.1, 0.15) is 5.82 Å². The number of nitrogens with one attached hydrogen (secondary N) is 1. The van der Waals surface area contributed by atoms with Gasteiger partial charge >= 0.3 is 0 Å². The molecule has 0 saturated carbocycles. The standard InChI is InChI=1S/C14H16FNS/c1-11(13-6-2-3-7-14(13)15)16-9-8-12-5-4-10-17-12/h2-7,10-11,16H,8-9H2,1H3. The van der Waals surface area contributed by atoms with Crippen molar-refractivity contribution in [1.82, 2.24) is 5.32 Å². The Kier molecular flexibility index (Phi) is 4.29. The lowest BCUT2D eigenvalue weighted by molar-refractivity contribution is 0.531. The molecule has 0 radical (unpaired) electrons. The summed E-state index contributed by atoms with van der Waals surface area (Å²) in [5.41, 5.74) is 0.735. The van der Waals surface area contributed by atoms with Crippen molar-refractivity contribution >= 4 is 11.3 Å². The van der Waals surface area contributed by atoms with E-state index in [4.69, 9.17) is 0 Å². The Morgan fingerprint density at radius 2 is 2.06 bits per heavy atom. The summed E-state index contributed by atoms with van der Waals surface area (Å²) in [7, 11) is 0. The van der Waals surface area contributed by atoms with Crippen LogP contribution in [0.2, 0.25) is 0 Å². The van der Waals surface area contributed by atoms with E-state index in [2.05, 4.69) is 22.8 Å². The zero-order chi connectivity index (χ0) is 12.1. The molecule has 0 bridgehead atoms. The zero-order valence-electron chi connectivity index (χ0n) is 9.82. The first-order valence-corrected chi connectivity index (χ1v) is 6.65. The van der Waals surface area contributed by atoms with Crippen LogP contribution >= 0.6 is 11.3 Å². The quantitative estimate of drug-likeness (QED) is 0.850. The zero-order valence-corrected chi connectivity index (χ0v) is 10.6. The van der Waals surface area contributed by atoms with E-state index < -0.39 is 0 Å². The molecule has 90 valence electrons. The van der Waals surface area contributed by atoms with E-state index >= 15 is 0 Å². The number of hydrogen-bond donors (Lipinski definition) is 1. The van der Waals surface area contributed by atoms with Gasteiger partial charge in [0.2, 0.25) is 0 Å². The van der Waals surface area contributed by atoms with E-state index in [1.807, 2.05) is 19.1 Å². The molecule has 0 saturated heterocycles. The second-order valence-corrected chi connectivity index (χ2v) is 5.06. The minimum Gasteiger partial charge on any atom is -0.310 e. The highest BCUT2D eigenvalue weighted by Gasteiger charge is 2.08. The van der Waals surface area contributed by atoms with Crippen LogP contribution in [0, 0.1) is 5.82 Å². The molecular formula is C14H16FNS. The van der Waals surface area contributed by atoms with E-state index in [-0.39, 0.29) is 11.9 Å². The van der Waals surface area contributed by atoms with Gasteiger partial charge in [0, 0.05) is 23.0 Å². The smallest absolute Gasteiger partial charge is 0.127 e. The number of halogens is 1. The third kappa shape index (κ3) is 3.38. The van der Waals surface area contributed by atoms with Gasteiger partial charge in [-0.2, -0.15) is 0 Å². The fourth-order valence-electron chi connectivity index (χ4n) is 1.80. The van der Waals surface area contributed by atoms with Crippen LogP contribution in [0.1, 0.15) is 23.4 Å². The average molecular weight is 249 g/mol. The van der Waals surface area contributed by atoms with Crippen molar-refractivity contribution in [2.24, 2.45) is 0 Å².